The molecule has 150 valence electrons. The number of aromatic amines is 2. The van der Waals surface area contributed by atoms with Crippen LogP contribution in [0.25, 0.3) is 0 Å². The third-order valence-corrected chi connectivity index (χ3v) is 6.90. The molecule has 1 amide bonds. The van der Waals surface area contributed by atoms with E-state index < -0.39 is 10.0 Å². The van der Waals surface area contributed by atoms with Crippen molar-refractivity contribution in [2.24, 2.45) is 11.8 Å². The summed E-state index contributed by atoms with van der Waals surface area (Å²) in [5.41, 5.74) is 0.577. The molecule has 1 aromatic carbocycles. The Morgan fingerprint density at radius 3 is 2.61 bits per heavy atom. The molecule has 28 heavy (non-hydrogen) atoms. The second kappa shape index (κ2) is 7.17. The largest absolute Gasteiger partial charge is 0.342 e. The number of carbonyl (C=O) groups excluding carboxylic acids is 1. The molecule has 0 unspecified atom stereocenters. The van der Waals surface area contributed by atoms with E-state index in [0.29, 0.717) is 31.9 Å². The lowest BCUT2D eigenvalue weighted by atomic mass is 9.90. The van der Waals surface area contributed by atoms with Crippen LogP contribution < -0.4 is 5.69 Å². The van der Waals surface area contributed by atoms with E-state index in [9.17, 15) is 18.0 Å². The fourth-order valence-corrected chi connectivity index (χ4v) is 5.57. The van der Waals surface area contributed by atoms with Crippen LogP contribution in [-0.4, -0.2) is 64.6 Å². The average Bonchev–Trinajstić information content (AvgIpc) is 3.33. The maximum absolute atomic E-state index is 12.6. The second-order valence-electron chi connectivity index (χ2n) is 7.54. The van der Waals surface area contributed by atoms with E-state index >= 15 is 0 Å². The van der Waals surface area contributed by atoms with Crippen molar-refractivity contribution in [3.63, 3.8) is 0 Å². The smallest absolute Gasteiger partial charge is 0.340 e. The number of fused-ring (bicyclic) bond motifs is 1. The summed E-state index contributed by atoms with van der Waals surface area (Å²) in [5, 5.41) is 6.11. The van der Waals surface area contributed by atoms with Crippen LogP contribution >= 0.6 is 0 Å². The number of H-pyrrole nitrogens is 2. The Labute approximate surface area is 162 Å². The van der Waals surface area contributed by atoms with Crippen LogP contribution in [0.2, 0.25) is 0 Å². The van der Waals surface area contributed by atoms with Gasteiger partial charge in [-0.2, -0.15) is 9.40 Å². The second-order valence-corrected chi connectivity index (χ2v) is 9.47. The van der Waals surface area contributed by atoms with Gasteiger partial charge in [0.15, 0.2) is 0 Å². The van der Waals surface area contributed by atoms with E-state index in [1.54, 1.807) is 4.31 Å². The van der Waals surface area contributed by atoms with Gasteiger partial charge < -0.3 is 4.90 Å². The Balaban J connectivity index is 1.48. The molecule has 0 bridgehead atoms. The fraction of sp³-hybridized carbons (Fsp3) is 0.500. The number of benzene rings is 1. The predicted molar refractivity (Wildman–Crippen MR) is 102 cm³/mol. The lowest BCUT2D eigenvalue weighted by molar-refractivity contribution is -0.130. The van der Waals surface area contributed by atoms with Crippen molar-refractivity contribution in [3.05, 3.63) is 52.2 Å². The van der Waals surface area contributed by atoms with Crippen LogP contribution in [0.15, 0.2) is 35.1 Å². The number of carbonyl (C=O) groups is 1. The molecule has 9 nitrogen and oxygen atoms in total. The van der Waals surface area contributed by atoms with E-state index in [1.165, 1.54) is 6.26 Å². The van der Waals surface area contributed by atoms with E-state index in [2.05, 4.69) is 15.2 Å². The first-order chi connectivity index (χ1) is 13.3. The quantitative estimate of drug-likeness (QED) is 0.732. The van der Waals surface area contributed by atoms with Crippen molar-refractivity contribution in [1.82, 2.24) is 24.4 Å². The minimum atomic E-state index is -3.34. The Kier molecular flexibility index (Phi) is 4.84. The molecule has 2 aliphatic rings. The third-order valence-electron chi connectivity index (χ3n) is 5.67. The molecule has 0 spiro atoms. The van der Waals surface area contributed by atoms with Gasteiger partial charge in [-0.15, -0.1) is 0 Å². The molecule has 3 heterocycles. The topological polar surface area (TPSA) is 119 Å². The monoisotopic (exact) mass is 405 g/mol. The lowest BCUT2D eigenvalue weighted by Crippen LogP contribution is -2.37. The SMILES string of the molecule is CS(=O)(=O)N1C[C@H]2CN(C(=O)CCc3n[nH]c(=O)[nH]3)C[C@H]2[C@@H]1c1ccccc1. The number of aryl methyl sites for hydroxylation is 1. The van der Waals surface area contributed by atoms with Crippen molar-refractivity contribution < 1.29 is 13.2 Å². The molecule has 2 aromatic rings. The van der Waals surface area contributed by atoms with Gasteiger partial charge >= 0.3 is 5.69 Å². The zero-order valence-corrected chi connectivity index (χ0v) is 16.4. The van der Waals surface area contributed by atoms with Crippen LogP contribution in [0, 0.1) is 11.8 Å². The molecule has 0 radical (unpaired) electrons. The van der Waals surface area contributed by atoms with Crippen LogP contribution in [-0.2, 0) is 21.2 Å². The van der Waals surface area contributed by atoms with Gasteiger partial charge in [0.2, 0.25) is 15.9 Å². The van der Waals surface area contributed by atoms with Crippen LogP contribution in [0.5, 0.6) is 0 Å². The molecule has 0 saturated carbocycles. The molecule has 1 aromatic heterocycles. The predicted octanol–water partition coefficient (Wildman–Crippen LogP) is 0.122. The van der Waals surface area contributed by atoms with Gasteiger partial charge in [-0.3, -0.25) is 9.78 Å². The first-order valence-electron chi connectivity index (χ1n) is 9.26. The molecular weight excluding hydrogens is 382 g/mol. The molecule has 10 heteroatoms. The van der Waals surface area contributed by atoms with Gasteiger partial charge in [-0.25, -0.2) is 18.3 Å². The van der Waals surface area contributed by atoms with Gasteiger partial charge in [-0.05, 0) is 11.5 Å². The molecule has 2 fully saturated rings. The van der Waals surface area contributed by atoms with Crippen molar-refractivity contribution >= 4 is 15.9 Å². The molecule has 0 aliphatic carbocycles. The highest BCUT2D eigenvalue weighted by molar-refractivity contribution is 7.88. The Morgan fingerprint density at radius 2 is 1.96 bits per heavy atom. The molecule has 4 rings (SSSR count). The summed E-state index contributed by atoms with van der Waals surface area (Å²) in [7, 11) is -3.34. The molecule has 2 aliphatic heterocycles. The van der Waals surface area contributed by atoms with Crippen LogP contribution in [0.3, 0.4) is 0 Å². The van der Waals surface area contributed by atoms with Crippen molar-refractivity contribution in [3.8, 4) is 0 Å². The maximum atomic E-state index is 12.6. The molecular formula is C18H23N5O4S. The maximum Gasteiger partial charge on any atom is 0.340 e. The van der Waals surface area contributed by atoms with E-state index in [-0.39, 0.29) is 35.9 Å². The summed E-state index contributed by atoms with van der Waals surface area (Å²) in [5.74, 6) is 0.652. The first kappa shape index (κ1) is 18.9. The van der Waals surface area contributed by atoms with E-state index in [0.717, 1.165) is 5.56 Å². The zero-order chi connectivity index (χ0) is 19.9. The normalized spacial score (nSPS) is 25.2. The van der Waals surface area contributed by atoms with Gasteiger partial charge in [0.25, 0.3) is 0 Å². The minimum absolute atomic E-state index is 0.00373. The average molecular weight is 405 g/mol. The number of hydrogen-bond acceptors (Lipinski definition) is 5. The van der Waals surface area contributed by atoms with Gasteiger partial charge in [0, 0.05) is 38.4 Å². The number of hydrogen-bond donors (Lipinski definition) is 2. The minimum Gasteiger partial charge on any atom is -0.342 e. The van der Waals surface area contributed by atoms with Gasteiger partial charge in [0.1, 0.15) is 5.82 Å². The van der Waals surface area contributed by atoms with Crippen LogP contribution in [0.4, 0.5) is 0 Å². The number of sulfonamides is 1. The standard InChI is InChI=1S/C18H23N5O4S/c1-28(26,27)23-10-13-9-22(16(24)8-7-15-19-18(25)21-20-15)11-14(13)17(23)12-5-3-2-4-6-12/h2-6,13-14,17H,7-11H2,1H3,(H2,19,20,21,25)/t13-,14-,17+/m1/s1. The fourth-order valence-electron chi connectivity index (χ4n) is 4.42. The zero-order valence-electron chi connectivity index (χ0n) is 15.5. The van der Waals surface area contributed by atoms with Crippen molar-refractivity contribution in [2.75, 3.05) is 25.9 Å². The summed E-state index contributed by atoms with van der Waals surface area (Å²) in [6.45, 7) is 1.52. The summed E-state index contributed by atoms with van der Waals surface area (Å²) in [6, 6.07) is 9.37. The summed E-state index contributed by atoms with van der Waals surface area (Å²) in [4.78, 5) is 28.1. The third kappa shape index (κ3) is 3.61. The van der Waals surface area contributed by atoms with Gasteiger partial charge in [-0.1, -0.05) is 30.3 Å². The number of nitrogens with one attached hydrogen (secondary N) is 2. The number of aromatic nitrogens is 3. The molecule has 2 saturated heterocycles. The highest BCUT2D eigenvalue weighted by Gasteiger charge is 2.51. The van der Waals surface area contributed by atoms with Crippen LogP contribution in [0.1, 0.15) is 23.9 Å². The van der Waals surface area contributed by atoms with E-state index in [4.69, 9.17) is 0 Å². The number of amides is 1. The van der Waals surface area contributed by atoms with Crippen molar-refractivity contribution in [2.45, 2.75) is 18.9 Å². The Morgan fingerprint density at radius 1 is 1.21 bits per heavy atom. The Bertz CT molecular complexity index is 1020. The van der Waals surface area contributed by atoms with Crippen molar-refractivity contribution in [1.29, 1.82) is 0 Å². The first-order valence-corrected chi connectivity index (χ1v) is 11.1. The lowest BCUT2D eigenvalue weighted by Gasteiger charge is -2.28. The number of likely N-dealkylation sites (tertiary alicyclic amines) is 1. The number of nitrogens with zero attached hydrogens (tertiary/aromatic N) is 3. The summed E-state index contributed by atoms with van der Waals surface area (Å²) < 4.78 is 26.2. The van der Waals surface area contributed by atoms with Gasteiger partial charge in [0.05, 0.1) is 12.3 Å². The van der Waals surface area contributed by atoms with E-state index in [1.807, 2.05) is 35.2 Å². The number of rotatable bonds is 5. The highest BCUT2D eigenvalue weighted by atomic mass is 32.2. The molecule has 3 atom stereocenters. The summed E-state index contributed by atoms with van der Waals surface area (Å²) >= 11 is 0. The molecule has 2 N–H and O–H groups in total. The highest BCUT2D eigenvalue weighted by Crippen LogP contribution is 2.46. The summed E-state index contributed by atoms with van der Waals surface area (Å²) in [6.07, 6.45) is 1.87. The Hall–Kier alpha value is -2.46.